The molecule has 1 aliphatic heterocycles. The lowest BCUT2D eigenvalue weighted by Gasteiger charge is -2.22. The van der Waals surface area contributed by atoms with Gasteiger partial charge in [0.25, 0.3) is 0 Å². The first kappa shape index (κ1) is 19.5. The summed E-state index contributed by atoms with van der Waals surface area (Å²) in [6.45, 7) is 1.91. The van der Waals surface area contributed by atoms with Gasteiger partial charge in [0.15, 0.2) is 5.13 Å². The quantitative estimate of drug-likeness (QED) is 0.448. The molecule has 1 aliphatic rings. The van der Waals surface area contributed by atoms with Crippen molar-refractivity contribution in [3.05, 3.63) is 64.9 Å². The molecule has 1 atom stereocenters. The van der Waals surface area contributed by atoms with Gasteiger partial charge in [-0.3, -0.25) is 4.90 Å². The Bertz CT molecular complexity index is 1260. The molecule has 5 rings (SSSR count). The summed E-state index contributed by atoms with van der Waals surface area (Å²) in [6.07, 6.45) is 3.88. The number of benzene rings is 1. The van der Waals surface area contributed by atoms with Crippen LogP contribution in [0.3, 0.4) is 0 Å². The van der Waals surface area contributed by atoms with E-state index in [1.165, 1.54) is 5.69 Å². The highest BCUT2D eigenvalue weighted by atomic mass is 32.1. The van der Waals surface area contributed by atoms with E-state index in [2.05, 4.69) is 49.8 Å². The van der Waals surface area contributed by atoms with Gasteiger partial charge in [0.2, 0.25) is 0 Å². The van der Waals surface area contributed by atoms with Crippen LogP contribution in [0.2, 0.25) is 0 Å². The Morgan fingerprint density at radius 1 is 1.32 bits per heavy atom. The summed E-state index contributed by atoms with van der Waals surface area (Å²) in [5, 5.41) is 16.4. The van der Waals surface area contributed by atoms with E-state index in [0.29, 0.717) is 17.4 Å². The van der Waals surface area contributed by atoms with Crippen LogP contribution < -0.4 is 10.1 Å². The van der Waals surface area contributed by atoms with Crippen LogP contribution in [0.4, 0.5) is 10.9 Å². The molecule has 156 valence electrons. The van der Waals surface area contributed by atoms with Crippen LogP contribution in [0.15, 0.2) is 48.0 Å². The summed E-state index contributed by atoms with van der Waals surface area (Å²) < 4.78 is 5.34. The average molecular weight is 431 g/mol. The number of anilines is 2. The highest BCUT2D eigenvalue weighted by molar-refractivity contribution is 7.13. The van der Waals surface area contributed by atoms with Gasteiger partial charge in [-0.25, -0.2) is 9.97 Å². The summed E-state index contributed by atoms with van der Waals surface area (Å²) in [7, 11) is 1.69. The molecular formula is C23H22N6OS. The third-order valence-electron chi connectivity index (χ3n) is 5.61. The second-order valence-electron chi connectivity index (χ2n) is 7.62. The molecule has 7 nitrogen and oxygen atoms in total. The first-order valence-electron chi connectivity index (χ1n) is 10.2. The molecule has 1 aromatic carbocycles. The molecule has 1 unspecified atom stereocenters. The van der Waals surface area contributed by atoms with Gasteiger partial charge in [-0.15, -0.1) is 11.3 Å². The Morgan fingerprint density at radius 2 is 2.26 bits per heavy atom. The Balaban J connectivity index is 1.31. The number of nitrogens with one attached hydrogen (secondary N) is 2. The van der Waals surface area contributed by atoms with Gasteiger partial charge < -0.3 is 15.0 Å². The summed E-state index contributed by atoms with van der Waals surface area (Å²) >= 11 is 1.57. The maximum absolute atomic E-state index is 9.07. The van der Waals surface area contributed by atoms with Crippen molar-refractivity contribution in [1.82, 2.24) is 19.9 Å². The second kappa shape index (κ2) is 8.38. The maximum Gasteiger partial charge on any atom is 0.188 e. The van der Waals surface area contributed by atoms with Crippen molar-refractivity contribution in [2.45, 2.75) is 25.4 Å². The molecule has 1 saturated heterocycles. The van der Waals surface area contributed by atoms with Gasteiger partial charge in [0.1, 0.15) is 11.6 Å². The molecule has 0 radical (unpaired) electrons. The minimum atomic E-state index is 0.297. The van der Waals surface area contributed by atoms with E-state index in [1.807, 2.05) is 6.07 Å². The first-order chi connectivity index (χ1) is 15.2. The number of ether oxygens (including phenoxy) is 1. The standard InChI is InChI=1S/C23H22N6OS/c1-30-18-4-5-19-16(11-18)10-17(26-19)13-29-8-2-3-21(29)20-14-31-23(27-20)28-22-9-15(12-24)6-7-25-22/h4-7,9-11,14,21,26H,2-3,8,13H2,1H3,(H,25,27,28). The van der Waals surface area contributed by atoms with Crippen LogP contribution in [0.25, 0.3) is 10.9 Å². The lowest BCUT2D eigenvalue weighted by atomic mass is 10.1. The lowest BCUT2D eigenvalue weighted by Crippen LogP contribution is -2.23. The number of hydrogen-bond acceptors (Lipinski definition) is 7. The van der Waals surface area contributed by atoms with Gasteiger partial charge in [0, 0.05) is 34.7 Å². The zero-order valence-corrected chi connectivity index (χ0v) is 17.9. The van der Waals surface area contributed by atoms with Crippen molar-refractivity contribution in [2.24, 2.45) is 0 Å². The zero-order chi connectivity index (χ0) is 21.2. The third kappa shape index (κ3) is 4.10. The molecule has 0 bridgehead atoms. The number of nitriles is 1. The summed E-state index contributed by atoms with van der Waals surface area (Å²) in [5.41, 5.74) is 3.98. The molecule has 4 aromatic rings. The number of nitrogens with zero attached hydrogens (tertiary/aromatic N) is 4. The van der Waals surface area contributed by atoms with E-state index in [1.54, 1.807) is 36.8 Å². The van der Waals surface area contributed by atoms with Crippen molar-refractivity contribution in [3.8, 4) is 11.8 Å². The number of fused-ring (bicyclic) bond motifs is 1. The molecule has 3 aromatic heterocycles. The SMILES string of the molecule is COc1ccc2[nH]c(CN3CCCC3c3csc(Nc4cc(C#N)ccn4)n3)cc2c1. The number of likely N-dealkylation sites (tertiary alicyclic amines) is 1. The highest BCUT2D eigenvalue weighted by Crippen LogP contribution is 2.35. The lowest BCUT2D eigenvalue weighted by molar-refractivity contribution is 0.243. The molecule has 0 amide bonds. The van der Waals surface area contributed by atoms with Gasteiger partial charge in [-0.2, -0.15) is 5.26 Å². The topological polar surface area (TPSA) is 89.9 Å². The fourth-order valence-corrected chi connectivity index (χ4v) is 4.89. The molecular weight excluding hydrogens is 408 g/mol. The Hall–Kier alpha value is -3.41. The van der Waals surface area contributed by atoms with Crippen molar-refractivity contribution in [1.29, 1.82) is 5.26 Å². The molecule has 1 fully saturated rings. The van der Waals surface area contributed by atoms with E-state index >= 15 is 0 Å². The van der Waals surface area contributed by atoms with Crippen LogP contribution >= 0.6 is 11.3 Å². The second-order valence-corrected chi connectivity index (χ2v) is 8.48. The number of thiazole rings is 1. The van der Waals surface area contributed by atoms with E-state index in [0.717, 1.165) is 53.4 Å². The Kier molecular flexibility index (Phi) is 5.28. The van der Waals surface area contributed by atoms with Crippen LogP contribution in [0.1, 0.15) is 35.8 Å². The van der Waals surface area contributed by atoms with Crippen LogP contribution in [0.5, 0.6) is 5.75 Å². The Morgan fingerprint density at radius 3 is 3.13 bits per heavy atom. The molecule has 4 heterocycles. The monoisotopic (exact) mass is 430 g/mol. The number of methoxy groups -OCH3 is 1. The minimum Gasteiger partial charge on any atom is -0.497 e. The molecule has 8 heteroatoms. The van der Waals surface area contributed by atoms with Gasteiger partial charge in [0.05, 0.1) is 30.5 Å². The molecule has 31 heavy (non-hydrogen) atoms. The number of rotatable bonds is 6. The molecule has 0 saturated carbocycles. The summed E-state index contributed by atoms with van der Waals surface area (Å²) in [6, 6.07) is 14.2. The van der Waals surface area contributed by atoms with Crippen LogP contribution in [-0.2, 0) is 6.54 Å². The highest BCUT2D eigenvalue weighted by Gasteiger charge is 2.28. The normalized spacial score (nSPS) is 16.5. The number of aromatic nitrogens is 3. The number of pyridine rings is 1. The van der Waals surface area contributed by atoms with E-state index in [-0.39, 0.29) is 0 Å². The predicted molar refractivity (Wildman–Crippen MR) is 122 cm³/mol. The van der Waals surface area contributed by atoms with Gasteiger partial charge in [-0.05, 0) is 55.8 Å². The third-order valence-corrected chi connectivity index (χ3v) is 6.38. The number of hydrogen-bond donors (Lipinski definition) is 2. The van der Waals surface area contributed by atoms with E-state index in [4.69, 9.17) is 15.0 Å². The zero-order valence-electron chi connectivity index (χ0n) is 17.1. The summed E-state index contributed by atoms with van der Waals surface area (Å²) in [4.78, 5) is 15.1. The first-order valence-corrected chi connectivity index (χ1v) is 11.1. The van der Waals surface area contributed by atoms with Crippen LogP contribution in [0, 0.1) is 11.3 Å². The molecule has 0 spiro atoms. The minimum absolute atomic E-state index is 0.297. The van der Waals surface area contributed by atoms with E-state index in [9.17, 15) is 0 Å². The number of aromatic amines is 1. The Labute approximate surface area is 184 Å². The van der Waals surface area contributed by atoms with Crippen molar-refractivity contribution in [3.63, 3.8) is 0 Å². The average Bonchev–Trinajstić information content (AvgIpc) is 3.53. The maximum atomic E-state index is 9.07. The number of H-pyrrole nitrogens is 1. The summed E-state index contributed by atoms with van der Waals surface area (Å²) in [5.74, 6) is 1.51. The van der Waals surface area contributed by atoms with Crippen molar-refractivity contribution < 1.29 is 4.74 Å². The predicted octanol–water partition coefficient (Wildman–Crippen LogP) is 4.98. The van der Waals surface area contributed by atoms with Gasteiger partial charge in [-0.1, -0.05) is 0 Å². The fraction of sp³-hybridized carbons (Fsp3) is 0.261. The van der Waals surface area contributed by atoms with Crippen LogP contribution in [-0.4, -0.2) is 33.5 Å². The van der Waals surface area contributed by atoms with Gasteiger partial charge >= 0.3 is 0 Å². The molecule has 0 aliphatic carbocycles. The van der Waals surface area contributed by atoms with E-state index < -0.39 is 0 Å². The molecule has 2 N–H and O–H groups in total. The largest absolute Gasteiger partial charge is 0.497 e. The van der Waals surface area contributed by atoms with Crippen molar-refractivity contribution in [2.75, 3.05) is 19.0 Å². The fourth-order valence-electron chi connectivity index (χ4n) is 4.13. The smallest absolute Gasteiger partial charge is 0.188 e. The van der Waals surface area contributed by atoms with Crippen molar-refractivity contribution >= 4 is 33.2 Å².